The first-order valence-electron chi connectivity index (χ1n) is 7.58. The third-order valence-electron chi connectivity index (χ3n) is 4.30. The highest BCUT2D eigenvalue weighted by molar-refractivity contribution is 7.90. The van der Waals surface area contributed by atoms with Crippen molar-refractivity contribution < 1.29 is 27.9 Å². The molecule has 1 amide bonds. The van der Waals surface area contributed by atoms with E-state index in [0.29, 0.717) is 25.8 Å². The van der Waals surface area contributed by atoms with Crippen molar-refractivity contribution in [2.45, 2.75) is 30.2 Å². The molecule has 1 N–H and O–H groups in total. The third kappa shape index (κ3) is 4.25. The molecule has 1 fully saturated rings. The minimum absolute atomic E-state index is 0.225. The van der Waals surface area contributed by atoms with Crippen LogP contribution in [0.3, 0.4) is 0 Å². The Morgan fingerprint density at radius 3 is 2.42 bits per heavy atom. The first-order chi connectivity index (χ1) is 11.2. The van der Waals surface area contributed by atoms with E-state index in [0.717, 1.165) is 11.8 Å². The van der Waals surface area contributed by atoms with Gasteiger partial charge in [0.1, 0.15) is 0 Å². The molecule has 0 spiro atoms. The van der Waals surface area contributed by atoms with Crippen LogP contribution in [0.4, 0.5) is 4.79 Å². The molecule has 0 bridgehead atoms. The Hall–Kier alpha value is -2.09. The predicted octanol–water partition coefficient (Wildman–Crippen LogP) is 1.56. The SMILES string of the molecule is COC(=O)N1CCC(C(=O)O)CC1Cc1ccc(S(C)(=O)=O)cc1. The molecule has 132 valence electrons. The molecule has 1 aliphatic rings. The number of methoxy groups -OCH3 is 1. The van der Waals surface area contributed by atoms with E-state index in [2.05, 4.69) is 0 Å². The van der Waals surface area contributed by atoms with Gasteiger partial charge in [-0.25, -0.2) is 13.2 Å². The number of carbonyl (C=O) groups is 2. The van der Waals surface area contributed by atoms with Gasteiger partial charge in [0, 0.05) is 18.8 Å². The largest absolute Gasteiger partial charge is 0.481 e. The Balaban J connectivity index is 2.18. The number of carboxylic acid groups (broad SMARTS) is 1. The van der Waals surface area contributed by atoms with Crippen LogP contribution in [0.1, 0.15) is 18.4 Å². The number of rotatable bonds is 4. The van der Waals surface area contributed by atoms with E-state index in [1.54, 1.807) is 17.0 Å². The van der Waals surface area contributed by atoms with E-state index in [-0.39, 0.29) is 10.9 Å². The Bertz CT molecular complexity index is 713. The summed E-state index contributed by atoms with van der Waals surface area (Å²) in [6.07, 6.45) is 1.85. The van der Waals surface area contributed by atoms with E-state index in [4.69, 9.17) is 4.74 Å². The van der Waals surface area contributed by atoms with Crippen LogP contribution in [0.25, 0.3) is 0 Å². The van der Waals surface area contributed by atoms with Gasteiger partial charge in [0.2, 0.25) is 0 Å². The molecule has 1 saturated heterocycles. The van der Waals surface area contributed by atoms with Crippen molar-refractivity contribution in [3.05, 3.63) is 29.8 Å². The summed E-state index contributed by atoms with van der Waals surface area (Å²) in [5.74, 6) is -1.36. The van der Waals surface area contributed by atoms with E-state index < -0.39 is 27.8 Å². The molecule has 1 aromatic carbocycles. The molecule has 0 aliphatic carbocycles. The number of nitrogens with zero attached hydrogens (tertiary/aromatic N) is 1. The summed E-state index contributed by atoms with van der Waals surface area (Å²) in [5.41, 5.74) is 0.840. The number of piperidine rings is 1. The lowest BCUT2D eigenvalue weighted by Gasteiger charge is -2.37. The number of sulfone groups is 1. The number of ether oxygens (including phenoxy) is 1. The Kier molecular flexibility index (Phi) is 5.48. The molecular formula is C16H21NO6S. The zero-order valence-electron chi connectivity index (χ0n) is 13.6. The second-order valence-corrected chi connectivity index (χ2v) is 8.01. The predicted molar refractivity (Wildman–Crippen MR) is 86.5 cm³/mol. The summed E-state index contributed by atoms with van der Waals surface area (Å²) < 4.78 is 27.8. The smallest absolute Gasteiger partial charge is 0.409 e. The minimum atomic E-state index is -3.26. The zero-order chi connectivity index (χ0) is 17.9. The molecule has 2 rings (SSSR count). The molecule has 8 heteroatoms. The molecule has 0 saturated carbocycles. The average molecular weight is 355 g/mol. The maximum absolute atomic E-state index is 11.9. The van der Waals surface area contributed by atoms with E-state index in [9.17, 15) is 23.1 Å². The normalized spacial score (nSPS) is 21.3. The zero-order valence-corrected chi connectivity index (χ0v) is 14.5. The summed E-state index contributed by atoms with van der Waals surface area (Å²) >= 11 is 0. The molecule has 0 radical (unpaired) electrons. The van der Waals surface area contributed by atoms with Gasteiger partial charge < -0.3 is 14.7 Å². The Morgan fingerprint density at radius 2 is 1.92 bits per heavy atom. The quantitative estimate of drug-likeness (QED) is 0.880. The van der Waals surface area contributed by atoms with E-state index in [1.807, 2.05) is 0 Å². The topological polar surface area (TPSA) is 101 Å². The summed E-state index contributed by atoms with van der Waals surface area (Å²) in [5, 5.41) is 9.23. The molecule has 24 heavy (non-hydrogen) atoms. The second-order valence-electron chi connectivity index (χ2n) is 6.00. The summed E-state index contributed by atoms with van der Waals surface area (Å²) in [4.78, 5) is 24.9. The van der Waals surface area contributed by atoms with Gasteiger partial charge >= 0.3 is 12.1 Å². The Labute approximate surface area is 141 Å². The lowest BCUT2D eigenvalue weighted by molar-refractivity contribution is -0.144. The number of amides is 1. The highest BCUT2D eigenvalue weighted by Gasteiger charge is 2.35. The maximum atomic E-state index is 11.9. The van der Waals surface area contributed by atoms with Gasteiger partial charge in [-0.3, -0.25) is 4.79 Å². The van der Waals surface area contributed by atoms with Crippen LogP contribution in [-0.2, 0) is 25.8 Å². The van der Waals surface area contributed by atoms with Gasteiger partial charge in [0.05, 0.1) is 17.9 Å². The maximum Gasteiger partial charge on any atom is 0.409 e. The van der Waals surface area contributed by atoms with Crippen LogP contribution >= 0.6 is 0 Å². The summed E-state index contributed by atoms with van der Waals surface area (Å²) in [6.45, 7) is 0.329. The number of benzene rings is 1. The number of hydrogen-bond acceptors (Lipinski definition) is 5. The van der Waals surface area contributed by atoms with Gasteiger partial charge in [-0.15, -0.1) is 0 Å². The number of carbonyl (C=O) groups excluding carboxylic acids is 1. The van der Waals surface area contributed by atoms with Crippen LogP contribution in [-0.4, -0.2) is 56.4 Å². The fourth-order valence-electron chi connectivity index (χ4n) is 2.97. The van der Waals surface area contributed by atoms with Crippen molar-refractivity contribution in [2.75, 3.05) is 19.9 Å². The first-order valence-corrected chi connectivity index (χ1v) is 9.48. The molecule has 0 aromatic heterocycles. The molecular weight excluding hydrogens is 334 g/mol. The fourth-order valence-corrected chi connectivity index (χ4v) is 3.60. The Morgan fingerprint density at radius 1 is 1.29 bits per heavy atom. The average Bonchev–Trinajstić information content (AvgIpc) is 2.53. The summed E-state index contributed by atoms with van der Waals surface area (Å²) in [6, 6.07) is 6.12. The van der Waals surface area contributed by atoms with Crippen molar-refractivity contribution in [3.63, 3.8) is 0 Å². The lowest BCUT2D eigenvalue weighted by Crippen LogP contribution is -2.48. The van der Waals surface area contributed by atoms with Crippen LogP contribution in [0.15, 0.2) is 29.2 Å². The highest BCUT2D eigenvalue weighted by atomic mass is 32.2. The lowest BCUT2D eigenvalue weighted by atomic mass is 9.88. The van der Waals surface area contributed by atoms with Crippen LogP contribution < -0.4 is 0 Å². The number of carboxylic acids is 1. The highest BCUT2D eigenvalue weighted by Crippen LogP contribution is 2.26. The number of aliphatic carboxylic acids is 1. The van der Waals surface area contributed by atoms with Crippen molar-refractivity contribution in [3.8, 4) is 0 Å². The molecule has 1 aromatic rings. The van der Waals surface area contributed by atoms with E-state index in [1.165, 1.54) is 19.2 Å². The standard InChI is InChI=1S/C16H21NO6S/c1-23-16(20)17-8-7-12(15(18)19)10-13(17)9-11-3-5-14(6-4-11)24(2,21)22/h3-6,12-13H,7-10H2,1-2H3,(H,18,19). The van der Waals surface area contributed by atoms with Gasteiger partial charge in [-0.05, 0) is 37.0 Å². The minimum Gasteiger partial charge on any atom is -0.481 e. The molecule has 2 atom stereocenters. The van der Waals surface area contributed by atoms with Gasteiger partial charge in [0.15, 0.2) is 9.84 Å². The van der Waals surface area contributed by atoms with Crippen LogP contribution in [0.2, 0.25) is 0 Å². The van der Waals surface area contributed by atoms with Crippen molar-refractivity contribution in [1.29, 1.82) is 0 Å². The van der Waals surface area contributed by atoms with Crippen LogP contribution in [0.5, 0.6) is 0 Å². The van der Waals surface area contributed by atoms with Crippen molar-refractivity contribution in [1.82, 2.24) is 4.90 Å². The van der Waals surface area contributed by atoms with Crippen molar-refractivity contribution in [2.24, 2.45) is 5.92 Å². The van der Waals surface area contributed by atoms with Gasteiger partial charge in [-0.1, -0.05) is 12.1 Å². The van der Waals surface area contributed by atoms with Crippen molar-refractivity contribution >= 4 is 21.9 Å². The number of hydrogen-bond donors (Lipinski definition) is 1. The number of likely N-dealkylation sites (tertiary alicyclic amines) is 1. The third-order valence-corrected chi connectivity index (χ3v) is 5.43. The van der Waals surface area contributed by atoms with Gasteiger partial charge in [0.25, 0.3) is 0 Å². The molecule has 1 aliphatic heterocycles. The van der Waals surface area contributed by atoms with Gasteiger partial charge in [-0.2, -0.15) is 0 Å². The molecule has 7 nitrogen and oxygen atoms in total. The second kappa shape index (κ2) is 7.21. The monoisotopic (exact) mass is 355 g/mol. The first kappa shape index (κ1) is 18.3. The van der Waals surface area contributed by atoms with Crippen LogP contribution in [0, 0.1) is 5.92 Å². The van der Waals surface area contributed by atoms with E-state index >= 15 is 0 Å². The molecule has 2 unspecified atom stereocenters. The summed E-state index contributed by atoms with van der Waals surface area (Å²) in [7, 11) is -1.97. The fraction of sp³-hybridized carbons (Fsp3) is 0.500. The molecule has 1 heterocycles.